The quantitative estimate of drug-likeness (QED) is 0.706. The molecule has 0 atom stereocenters. The normalized spacial score (nSPS) is 13.8. The van der Waals surface area contributed by atoms with Crippen LogP contribution in [0, 0.1) is 0 Å². The van der Waals surface area contributed by atoms with Crippen LogP contribution in [0.5, 0.6) is 0 Å². The molecule has 0 unspecified atom stereocenters. The Bertz CT molecular complexity index is 1190. The number of anilines is 2. The van der Waals surface area contributed by atoms with Gasteiger partial charge in [0.1, 0.15) is 6.54 Å². The number of hydrogen-bond acceptors (Lipinski definition) is 5. The largest absolute Gasteiger partial charge is 0.368 e. The number of hydrogen-bond donors (Lipinski definition) is 1. The first kappa shape index (κ1) is 17.3. The van der Waals surface area contributed by atoms with Crippen molar-refractivity contribution in [3.8, 4) is 0 Å². The number of carbonyl (C=O) groups is 1. The van der Waals surface area contributed by atoms with Gasteiger partial charge < -0.3 is 15.2 Å². The van der Waals surface area contributed by atoms with Crippen LogP contribution in [0.1, 0.15) is 6.42 Å². The number of nitrogens with zero attached hydrogens (tertiary/aromatic N) is 5. The van der Waals surface area contributed by atoms with E-state index in [-0.39, 0.29) is 11.2 Å². The number of amides is 1. The van der Waals surface area contributed by atoms with Crippen molar-refractivity contribution in [3.05, 3.63) is 50.1 Å². The van der Waals surface area contributed by atoms with E-state index in [0.717, 1.165) is 16.7 Å². The second-order valence-electron chi connectivity index (χ2n) is 6.42. The zero-order chi connectivity index (χ0) is 19.3. The van der Waals surface area contributed by atoms with E-state index in [9.17, 15) is 14.4 Å². The molecule has 0 fully saturated rings. The van der Waals surface area contributed by atoms with E-state index in [1.165, 1.54) is 11.6 Å². The monoisotopic (exact) mass is 388 g/mol. The fourth-order valence-electron chi connectivity index (χ4n) is 3.45. The fraction of sp³-hybridized carbons (Fsp3) is 0.294. The first-order valence-electron chi connectivity index (χ1n) is 8.40. The number of carbonyl (C=O) groups excluding carboxylic acids is 1. The standard InChI is InChI=1S/C17H17ClN6O3/c1-21-14-13(15(26)24(17(21)27)9-12(19)25)23-7-3-6-22(16(23)20-14)11-5-2-4-10(18)8-11/h2,4-5,8H,3,6-7,9H2,1H3,(H2,19,25). The number of nitrogens with two attached hydrogens (primary N) is 1. The van der Waals surface area contributed by atoms with Crippen molar-refractivity contribution in [1.82, 2.24) is 18.7 Å². The molecular weight excluding hydrogens is 372 g/mol. The Kier molecular flexibility index (Phi) is 4.03. The number of aryl methyl sites for hydroxylation is 2. The molecule has 27 heavy (non-hydrogen) atoms. The van der Waals surface area contributed by atoms with Crippen LogP contribution in [0.15, 0.2) is 33.9 Å². The van der Waals surface area contributed by atoms with Gasteiger partial charge in [-0.2, -0.15) is 4.98 Å². The molecular formula is C17H17ClN6O3. The molecule has 2 aromatic heterocycles. The molecule has 0 saturated heterocycles. The Morgan fingerprint density at radius 1 is 1.30 bits per heavy atom. The third-order valence-corrected chi connectivity index (χ3v) is 4.89. The third-order valence-electron chi connectivity index (χ3n) is 4.65. The first-order valence-corrected chi connectivity index (χ1v) is 8.77. The van der Waals surface area contributed by atoms with Crippen LogP contribution in [0.25, 0.3) is 11.2 Å². The number of imidazole rings is 1. The minimum absolute atomic E-state index is 0.273. The van der Waals surface area contributed by atoms with Gasteiger partial charge in [-0.25, -0.2) is 9.36 Å². The second kappa shape index (κ2) is 6.27. The summed E-state index contributed by atoms with van der Waals surface area (Å²) in [4.78, 5) is 43.2. The molecule has 0 saturated carbocycles. The van der Waals surface area contributed by atoms with E-state index in [4.69, 9.17) is 17.3 Å². The molecule has 10 heteroatoms. The highest BCUT2D eigenvalue weighted by molar-refractivity contribution is 6.30. The summed E-state index contributed by atoms with van der Waals surface area (Å²) < 4.78 is 3.89. The van der Waals surface area contributed by atoms with E-state index in [1.54, 1.807) is 10.6 Å². The Balaban J connectivity index is 2.00. The van der Waals surface area contributed by atoms with E-state index in [1.807, 2.05) is 23.1 Å². The van der Waals surface area contributed by atoms with E-state index in [0.29, 0.717) is 24.1 Å². The van der Waals surface area contributed by atoms with Gasteiger partial charge in [-0.05, 0) is 24.6 Å². The van der Waals surface area contributed by atoms with Gasteiger partial charge in [0, 0.05) is 30.8 Å². The smallest absolute Gasteiger partial charge is 0.332 e. The summed E-state index contributed by atoms with van der Waals surface area (Å²) >= 11 is 6.11. The summed E-state index contributed by atoms with van der Waals surface area (Å²) in [6, 6.07) is 7.35. The average molecular weight is 389 g/mol. The molecule has 4 rings (SSSR count). The van der Waals surface area contributed by atoms with E-state index < -0.39 is 23.7 Å². The maximum atomic E-state index is 12.9. The fourth-order valence-corrected chi connectivity index (χ4v) is 3.63. The van der Waals surface area contributed by atoms with Gasteiger partial charge in [-0.3, -0.25) is 14.2 Å². The molecule has 1 aliphatic heterocycles. The molecule has 0 aliphatic carbocycles. The molecule has 2 N–H and O–H groups in total. The molecule has 1 aliphatic rings. The topological polar surface area (TPSA) is 108 Å². The lowest BCUT2D eigenvalue weighted by molar-refractivity contribution is -0.118. The third kappa shape index (κ3) is 2.71. The van der Waals surface area contributed by atoms with Gasteiger partial charge in [0.15, 0.2) is 11.2 Å². The predicted octanol–water partition coefficient (Wildman–Crippen LogP) is 0.577. The summed E-state index contributed by atoms with van der Waals surface area (Å²) in [5.41, 5.74) is 5.39. The van der Waals surface area contributed by atoms with Gasteiger partial charge in [0.25, 0.3) is 5.56 Å². The summed E-state index contributed by atoms with van der Waals surface area (Å²) in [5.74, 6) is -0.199. The Labute approximate surface area is 158 Å². The molecule has 3 heterocycles. The van der Waals surface area contributed by atoms with Crippen LogP contribution < -0.4 is 21.9 Å². The second-order valence-corrected chi connectivity index (χ2v) is 6.86. The van der Waals surface area contributed by atoms with Gasteiger partial charge in [0.2, 0.25) is 11.9 Å². The molecule has 1 amide bonds. The van der Waals surface area contributed by atoms with Crippen LogP contribution in [-0.4, -0.2) is 31.1 Å². The lowest BCUT2D eigenvalue weighted by Crippen LogP contribution is -2.42. The number of primary amides is 1. The van der Waals surface area contributed by atoms with Crippen molar-refractivity contribution in [2.45, 2.75) is 19.5 Å². The number of halogens is 1. The van der Waals surface area contributed by atoms with Gasteiger partial charge in [-0.1, -0.05) is 17.7 Å². The maximum Gasteiger partial charge on any atom is 0.332 e. The summed E-state index contributed by atoms with van der Waals surface area (Å²) in [5, 5.41) is 0.594. The van der Waals surface area contributed by atoms with Crippen molar-refractivity contribution >= 4 is 40.3 Å². The zero-order valence-corrected chi connectivity index (χ0v) is 15.3. The summed E-state index contributed by atoms with van der Waals surface area (Å²) in [6.45, 7) is 0.806. The van der Waals surface area contributed by atoms with E-state index in [2.05, 4.69) is 4.98 Å². The minimum Gasteiger partial charge on any atom is -0.368 e. The Morgan fingerprint density at radius 2 is 2.07 bits per heavy atom. The zero-order valence-electron chi connectivity index (χ0n) is 14.6. The Hall–Kier alpha value is -3.07. The van der Waals surface area contributed by atoms with Crippen LogP contribution in [0.2, 0.25) is 5.02 Å². The molecule has 140 valence electrons. The minimum atomic E-state index is -0.757. The average Bonchev–Trinajstić information content (AvgIpc) is 3.03. The predicted molar refractivity (Wildman–Crippen MR) is 102 cm³/mol. The summed E-state index contributed by atoms with van der Waals surface area (Å²) in [7, 11) is 1.52. The van der Waals surface area contributed by atoms with Gasteiger partial charge >= 0.3 is 5.69 Å². The number of fused-ring (bicyclic) bond motifs is 3. The Morgan fingerprint density at radius 3 is 2.78 bits per heavy atom. The highest BCUT2D eigenvalue weighted by Gasteiger charge is 2.27. The van der Waals surface area contributed by atoms with Crippen molar-refractivity contribution in [2.24, 2.45) is 12.8 Å². The van der Waals surface area contributed by atoms with Crippen molar-refractivity contribution < 1.29 is 4.79 Å². The van der Waals surface area contributed by atoms with Gasteiger partial charge in [-0.15, -0.1) is 0 Å². The van der Waals surface area contributed by atoms with Crippen LogP contribution in [0.3, 0.4) is 0 Å². The number of aromatic nitrogens is 4. The lowest BCUT2D eigenvalue weighted by Gasteiger charge is -2.29. The van der Waals surface area contributed by atoms with Crippen LogP contribution in [0.4, 0.5) is 11.6 Å². The number of rotatable bonds is 3. The van der Waals surface area contributed by atoms with Crippen molar-refractivity contribution in [2.75, 3.05) is 11.4 Å². The summed E-state index contributed by atoms with van der Waals surface area (Å²) in [6.07, 6.45) is 0.781. The van der Waals surface area contributed by atoms with Crippen molar-refractivity contribution in [3.63, 3.8) is 0 Å². The molecule has 0 spiro atoms. The highest BCUT2D eigenvalue weighted by atomic mass is 35.5. The van der Waals surface area contributed by atoms with E-state index >= 15 is 0 Å². The highest BCUT2D eigenvalue weighted by Crippen LogP contribution is 2.31. The molecule has 0 radical (unpaired) electrons. The first-order chi connectivity index (χ1) is 12.9. The molecule has 3 aromatic rings. The van der Waals surface area contributed by atoms with Gasteiger partial charge in [0.05, 0.1) is 0 Å². The van der Waals surface area contributed by atoms with Crippen LogP contribution >= 0.6 is 11.6 Å². The maximum absolute atomic E-state index is 12.9. The lowest BCUT2D eigenvalue weighted by atomic mass is 10.2. The SMILES string of the molecule is Cn1c(=O)n(CC(N)=O)c(=O)c2c1nc1n2CCCN1c1cccc(Cl)c1. The van der Waals surface area contributed by atoms with Crippen molar-refractivity contribution in [1.29, 1.82) is 0 Å². The van der Waals surface area contributed by atoms with Crippen LogP contribution in [-0.2, 0) is 24.9 Å². The number of benzene rings is 1. The molecule has 9 nitrogen and oxygen atoms in total. The molecule has 0 bridgehead atoms. The molecule has 1 aromatic carbocycles.